The summed E-state index contributed by atoms with van der Waals surface area (Å²) in [6, 6.07) is 7.06. The maximum Gasteiger partial charge on any atom is 0.226 e. The van der Waals surface area contributed by atoms with Gasteiger partial charge in [0.2, 0.25) is 5.91 Å². The monoisotopic (exact) mass is 602 g/mol. The Bertz CT molecular complexity index is 1370. The first kappa shape index (κ1) is 32.5. The molecule has 0 aliphatic heterocycles. The number of halogens is 2. The highest BCUT2D eigenvalue weighted by atomic mass is 35.5. The van der Waals surface area contributed by atoms with E-state index < -0.39 is 19.5 Å². The summed E-state index contributed by atoms with van der Waals surface area (Å²) in [6.45, 7) is 16.6. The zero-order chi connectivity index (χ0) is 30.4. The minimum absolute atomic E-state index is 0.0334. The van der Waals surface area contributed by atoms with Gasteiger partial charge in [-0.1, -0.05) is 31.2 Å². The van der Waals surface area contributed by atoms with Gasteiger partial charge >= 0.3 is 0 Å². The Morgan fingerprint density at radius 2 is 2.05 bits per heavy atom. The van der Waals surface area contributed by atoms with Crippen LogP contribution in [0.3, 0.4) is 0 Å². The summed E-state index contributed by atoms with van der Waals surface area (Å²) in [6.07, 6.45) is 3.71. The summed E-state index contributed by atoms with van der Waals surface area (Å²) in [5, 5.41) is 16.5. The van der Waals surface area contributed by atoms with Crippen LogP contribution in [0, 0.1) is 17.1 Å². The zero-order valence-electron chi connectivity index (χ0n) is 24.9. The van der Waals surface area contributed by atoms with Gasteiger partial charge in [0.1, 0.15) is 35.6 Å². The number of aromatic nitrogens is 4. The van der Waals surface area contributed by atoms with Crippen molar-refractivity contribution >= 4 is 25.6 Å². The zero-order valence-corrected chi connectivity index (χ0v) is 26.7. The number of nitrogens with one attached hydrogen (secondary N) is 1. The minimum atomic E-state index is -1.21. The van der Waals surface area contributed by atoms with Crippen LogP contribution in [0.2, 0.25) is 30.7 Å². The molecule has 3 rings (SSSR count). The average Bonchev–Trinajstić information content (AvgIpc) is 3.48. The van der Waals surface area contributed by atoms with Crippen LogP contribution in [0.1, 0.15) is 44.8 Å². The molecule has 0 saturated heterocycles. The first-order valence-corrected chi connectivity index (χ1v) is 17.8. The molecule has 1 aromatic carbocycles. The quantitative estimate of drug-likeness (QED) is 0.186. The molecule has 1 N–H and O–H groups in total. The fourth-order valence-corrected chi connectivity index (χ4v) is 5.37. The first-order valence-electron chi connectivity index (χ1n) is 13.7. The van der Waals surface area contributed by atoms with E-state index in [0.29, 0.717) is 49.3 Å². The first-order chi connectivity index (χ1) is 19.2. The molecule has 1 atom stereocenters. The van der Waals surface area contributed by atoms with E-state index in [4.69, 9.17) is 31.3 Å². The normalized spacial score (nSPS) is 12.8. The van der Waals surface area contributed by atoms with E-state index in [0.717, 1.165) is 6.04 Å². The third-order valence-electron chi connectivity index (χ3n) is 6.40. The van der Waals surface area contributed by atoms with E-state index in [1.54, 1.807) is 23.0 Å². The molecule has 0 aliphatic rings. The number of ether oxygens (including phenoxy) is 2. The van der Waals surface area contributed by atoms with E-state index in [1.165, 1.54) is 12.1 Å². The van der Waals surface area contributed by atoms with Crippen molar-refractivity contribution in [2.45, 2.75) is 84.7 Å². The third-order valence-corrected chi connectivity index (χ3v) is 8.40. The highest BCUT2D eigenvalue weighted by molar-refractivity contribution is 6.76. The van der Waals surface area contributed by atoms with Gasteiger partial charge in [-0.3, -0.25) is 9.48 Å². The summed E-state index contributed by atoms with van der Waals surface area (Å²) in [5.74, 6) is -0.152. The molecule has 2 heterocycles. The average molecular weight is 603 g/mol. The summed E-state index contributed by atoms with van der Waals surface area (Å²) < 4.78 is 29.7. The fourth-order valence-electron chi connectivity index (χ4n) is 4.36. The standard InChI is InChI=1S/C29H40ClFN6O3Si/c1-8-40-29(3,4)28-34-22(18-36(28)19-39-11-12-41(5,6)7)15-27(38)33-20(2)17-37-10-9-26(35-37)21-13-24(30)23(16-32)25(31)14-21/h9-10,13-14,18,20H,8,11-12,15,17,19H2,1-7H3,(H,33,38)/t20-/m0/s1. The summed E-state index contributed by atoms with van der Waals surface area (Å²) in [5.41, 5.74) is 0.772. The predicted molar refractivity (Wildman–Crippen MR) is 160 cm³/mol. The molecule has 12 heteroatoms. The fraction of sp³-hybridized carbons (Fsp3) is 0.517. The second-order valence-corrected chi connectivity index (χ2v) is 17.8. The molecular weight excluding hydrogens is 563 g/mol. The number of amides is 1. The van der Waals surface area contributed by atoms with E-state index in [2.05, 4.69) is 30.1 Å². The van der Waals surface area contributed by atoms with Gasteiger partial charge in [-0.05, 0) is 51.9 Å². The predicted octanol–water partition coefficient (Wildman–Crippen LogP) is 5.74. The number of imidazole rings is 1. The van der Waals surface area contributed by atoms with Crippen LogP contribution in [0.15, 0.2) is 30.6 Å². The maximum absolute atomic E-state index is 14.2. The van der Waals surface area contributed by atoms with Crippen molar-refractivity contribution in [3.63, 3.8) is 0 Å². The highest BCUT2D eigenvalue weighted by Crippen LogP contribution is 2.27. The van der Waals surface area contributed by atoms with Crippen LogP contribution in [-0.2, 0) is 39.6 Å². The second kappa shape index (κ2) is 13.7. The van der Waals surface area contributed by atoms with Crippen LogP contribution in [0.4, 0.5) is 4.39 Å². The number of nitriles is 1. The topological polar surface area (TPSA) is 107 Å². The van der Waals surface area contributed by atoms with Gasteiger partial charge in [0.15, 0.2) is 0 Å². The van der Waals surface area contributed by atoms with Crippen molar-refractivity contribution < 1.29 is 18.7 Å². The Balaban J connectivity index is 1.63. The van der Waals surface area contributed by atoms with Gasteiger partial charge in [0, 0.05) is 45.3 Å². The molecule has 0 spiro atoms. The van der Waals surface area contributed by atoms with Crippen LogP contribution in [-0.4, -0.2) is 52.6 Å². The SMILES string of the molecule is CCOC(C)(C)c1nc(CC(=O)N[C@@H](C)Cn2ccc(-c3cc(F)c(C#N)c(Cl)c3)n2)cn1COCC[Si](C)(C)C. The summed E-state index contributed by atoms with van der Waals surface area (Å²) in [7, 11) is -1.21. The number of benzene rings is 1. The lowest BCUT2D eigenvalue weighted by molar-refractivity contribution is -0.121. The van der Waals surface area contributed by atoms with Crippen molar-refractivity contribution in [1.29, 1.82) is 5.26 Å². The Labute approximate surface area is 247 Å². The number of rotatable bonds is 14. The Kier molecular flexibility index (Phi) is 10.9. The number of carbonyl (C=O) groups is 1. The Morgan fingerprint density at radius 3 is 2.68 bits per heavy atom. The van der Waals surface area contributed by atoms with Crippen molar-refractivity contribution in [2.24, 2.45) is 0 Å². The van der Waals surface area contributed by atoms with Crippen molar-refractivity contribution in [2.75, 3.05) is 13.2 Å². The van der Waals surface area contributed by atoms with Crippen LogP contribution >= 0.6 is 11.6 Å². The molecule has 0 unspecified atom stereocenters. The van der Waals surface area contributed by atoms with Crippen LogP contribution in [0.5, 0.6) is 0 Å². The summed E-state index contributed by atoms with van der Waals surface area (Å²) in [4.78, 5) is 17.7. The van der Waals surface area contributed by atoms with Gasteiger partial charge in [0.25, 0.3) is 0 Å². The number of nitrogens with zero attached hydrogens (tertiary/aromatic N) is 5. The molecule has 0 fully saturated rings. The molecule has 0 saturated carbocycles. The third kappa shape index (κ3) is 9.23. The number of hydrogen-bond acceptors (Lipinski definition) is 6. The van der Waals surface area contributed by atoms with E-state index >= 15 is 0 Å². The lowest BCUT2D eigenvalue weighted by atomic mass is 10.1. The van der Waals surface area contributed by atoms with Crippen LogP contribution < -0.4 is 5.32 Å². The molecule has 0 radical (unpaired) electrons. The van der Waals surface area contributed by atoms with Crippen LogP contribution in [0.25, 0.3) is 11.3 Å². The van der Waals surface area contributed by atoms with Gasteiger partial charge in [-0.25, -0.2) is 9.37 Å². The molecule has 3 aromatic rings. The van der Waals surface area contributed by atoms with Gasteiger partial charge < -0.3 is 19.4 Å². The molecule has 222 valence electrons. The molecule has 41 heavy (non-hydrogen) atoms. The van der Waals surface area contributed by atoms with E-state index in [-0.39, 0.29) is 29.0 Å². The molecule has 2 aromatic heterocycles. The van der Waals surface area contributed by atoms with Crippen molar-refractivity contribution in [3.05, 3.63) is 58.5 Å². The molecular formula is C29H40ClFN6O3Si. The minimum Gasteiger partial charge on any atom is -0.368 e. The number of hydrogen-bond donors (Lipinski definition) is 1. The van der Waals surface area contributed by atoms with E-state index in [9.17, 15) is 9.18 Å². The lowest BCUT2D eigenvalue weighted by Gasteiger charge is -2.25. The Hall–Kier alpha value is -3.04. The molecule has 0 bridgehead atoms. The highest BCUT2D eigenvalue weighted by Gasteiger charge is 2.28. The Morgan fingerprint density at radius 1 is 1.32 bits per heavy atom. The van der Waals surface area contributed by atoms with Gasteiger partial charge in [-0.2, -0.15) is 10.4 Å². The second-order valence-electron chi connectivity index (χ2n) is 11.8. The lowest BCUT2D eigenvalue weighted by Crippen LogP contribution is -2.36. The van der Waals surface area contributed by atoms with E-state index in [1.807, 2.05) is 38.5 Å². The maximum atomic E-state index is 14.2. The van der Waals surface area contributed by atoms with Gasteiger partial charge in [-0.15, -0.1) is 0 Å². The largest absolute Gasteiger partial charge is 0.368 e. The van der Waals surface area contributed by atoms with Crippen molar-refractivity contribution in [3.8, 4) is 17.3 Å². The van der Waals surface area contributed by atoms with Crippen molar-refractivity contribution in [1.82, 2.24) is 24.6 Å². The molecule has 1 amide bonds. The van der Waals surface area contributed by atoms with Gasteiger partial charge in [0.05, 0.1) is 29.4 Å². The molecule has 0 aliphatic carbocycles. The molecule has 9 nitrogen and oxygen atoms in total. The smallest absolute Gasteiger partial charge is 0.226 e. The summed E-state index contributed by atoms with van der Waals surface area (Å²) >= 11 is 6.04. The number of carbonyl (C=O) groups excluding carboxylic acids is 1.